The van der Waals surface area contributed by atoms with Gasteiger partial charge in [-0.2, -0.15) is 0 Å². The number of aliphatic hydroxyl groups is 1. The van der Waals surface area contributed by atoms with Crippen molar-refractivity contribution in [2.75, 3.05) is 18.5 Å². The molecule has 4 rings (SSSR count). The fraction of sp³-hybridized carbons (Fsp3) is 0.625. The Kier molecular flexibility index (Phi) is 6.54. The van der Waals surface area contributed by atoms with Gasteiger partial charge in [0.25, 0.3) is 0 Å². The van der Waals surface area contributed by atoms with E-state index in [1.807, 2.05) is 30.3 Å². The van der Waals surface area contributed by atoms with E-state index in [1.165, 1.54) is 0 Å². The summed E-state index contributed by atoms with van der Waals surface area (Å²) in [6, 6.07) is 8.09. The standard InChI is InChI=1S/C24H33N3O4S/c1-4-5-11-25-22(30)20-24-14(2)12-17(32-24)18(19(24)23(31)27(20)15(3)13-28)21(29)26-16-9-7-6-8-10-16/h6-10,14-15,17-20,28H,4-5,11-13H2,1-3H3,(H,25,30)(H,26,29)/t14?,15-,17+,18-,19+,20?,24?/m1/s1. The van der Waals surface area contributed by atoms with Crippen molar-refractivity contribution >= 4 is 35.2 Å². The maximum atomic E-state index is 13.8. The number of benzene rings is 1. The maximum Gasteiger partial charge on any atom is 0.244 e. The normalized spacial score (nSPS) is 33.8. The summed E-state index contributed by atoms with van der Waals surface area (Å²) < 4.78 is -0.653. The predicted molar refractivity (Wildman–Crippen MR) is 125 cm³/mol. The number of unbranched alkanes of at least 4 members (excludes halogenated alkanes) is 1. The number of nitrogens with zero attached hydrogens (tertiary/aromatic N) is 1. The lowest BCUT2D eigenvalue weighted by molar-refractivity contribution is -0.141. The molecule has 7 atom stereocenters. The van der Waals surface area contributed by atoms with Gasteiger partial charge in [0.15, 0.2) is 0 Å². The van der Waals surface area contributed by atoms with Crippen molar-refractivity contribution in [3.8, 4) is 0 Å². The quantitative estimate of drug-likeness (QED) is 0.518. The van der Waals surface area contributed by atoms with Crippen LogP contribution in [0.5, 0.6) is 0 Å². The van der Waals surface area contributed by atoms with E-state index in [4.69, 9.17) is 0 Å². The highest BCUT2D eigenvalue weighted by molar-refractivity contribution is 8.02. The monoisotopic (exact) mass is 459 g/mol. The smallest absolute Gasteiger partial charge is 0.244 e. The summed E-state index contributed by atoms with van der Waals surface area (Å²) in [7, 11) is 0. The first-order chi connectivity index (χ1) is 15.4. The second kappa shape index (κ2) is 9.06. The van der Waals surface area contributed by atoms with Crippen molar-refractivity contribution in [1.82, 2.24) is 10.2 Å². The minimum absolute atomic E-state index is 0.000173. The number of aliphatic hydroxyl groups excluding tert-OH is 1. The molecule has 3 unspecified atom stereocenters. The number of fused-ring (bicyclic) bond motifs is 1. The third kappa shape index (κ3) is 3.52. The van der Waals surface area contributed by atoms with Crippen molar-refractivity contribution in [2.24, 2.45) is 17.8 Å². The highest BCUT2D eigenvalue weighted by Gasteiger charge is 2.76. The molecule has 7 nitrogen and oxygen atoms in total. The van der Waals surface area contributed by atoms with Gasteiger partial charge in [-0.25, -0.2) is 0 Å². The Bertz CT molecular complexity index is 881. The zero-order chi connectivity index (χ0) is 23.0. The first-order valence-electron chi connectivity index (χ1n) is 11.6. The summed E-state index contributed by atoms with van der Waals surface area (Å²) in [6.45, 7) is 6.26. The zero-order valence-electron chi connectivity index (χ0n) is 18.9. The van der Waals surface area contributed by atoms with Crippen LogP contribution in [0.15, 0.2) is 30.3 Å². The molecule has 0 aliphatic carbocycles. The van der Waals surface area contributed by atoms with Crippen LogP contribution in [0.2, 0.25) is 0 Å². The molecule has 1 aromatic rings. The second-order valence-corrected chi connectivity index (χ2v) is 10.9. The first-order valence-corrected chi connectivity index (χ1v) is 12.5. The summed E-state index contributed by atoms with van der Waals surface area (Å²) in [6.07, 6.45) is 2.62. The SMILES string of the molecule is CCCCNC(=O)C1N([C@H](C)CO)C(=O)[C@@H]2[C@H](C(=O)Nc3ccccc3)[C@@H]3CC(C)C12S3. The van der Waals surface area contributed by atoms with Crippen LogP contribution in [0.1, 0.15) is 40.0 Å². The molecule has 174 valence electrons. The Hall–Kier alpha value is -2.06. The van der Waals surface area contributed by atoms with Gasteiger partial charge in [-0.1, -0.05) is 38.5 Å². The molecule has 3 fully saturated rings. The van der Waals surface area contributed by atoms with E-state index < -0.39 is 28.7 Å². The lowest BCUT2D eigenvalue weighted by Gasteiger charge is -2.39. The van der Waals surface area contributed by atoms with Crippen LogP contribution < -0.4 is 10.6 Å². The van der Waals surface area contributed by atoms with Crippen molar-refractivity contribution in [2.45, 2.75) is 62.1 Å². The molecule has 32 heavy (non-hydrogen) atoms. The van der Waals surface area contributed by atoms with E-state index in [0.29, 0.717) is 12.2 Å². The number of hydrogen-bond donors (Lipinski definition) is 3. The highest BCUT2D eigenvalue weighted by Crippen LogP contribution is 2.68. The number of para-hydroxylation sites is 1. The van der Waals surface area contributed by atoms with Crippen LogP contribution in [-0.4, -0.2) is 63.0 Å². The van der Waals surface area contributed by atoms with Crippen LogP contribution in [0.3, 0.4) is 0 Å². The van der Waals surface area contributed by atoms with Crippen molar-refractivity contribution in [1.29, 1.82) is 0 Å². The Morgan fingerprint density at radius 3 is 2.66 bits per heavy atom. The van der Waals surface area contributed by atoms with E-state index >= 15 is 0 Å². The Labute approximate surface area is 193 Å². The summed E-state index contributed by atoms with van der Waals surface area (Å²) in [4.78, 5) is 42.2. The summed E-state index contributed by atoms with van der Waals surface area (Å²) >= 11 is 1.65. The third-order valence-electron chi connectivity index (χ3n) is 7.34. The van der Waals surface area contributed by atoms with Gasteiger partial charge in [0.2, 0.25) is 17.7 Å². The van der Waals surface area contributed by atoms with Gasteiger partial charge in [0, 0.05) is 17.5 Å². The average Bonchev–Trinajstić information content (AvgIpc) is 3.37. The van der Waals surface area contributed by atoms with Crippen LogP contribution in [0, 0.1) is 17.8 Å². The van der Waals surface area contributed by atoms with Gasteiger partial charge < -0.3 is 20.6 Å². The topological polar surface area (TPSA) is 98.7 Å². The summed E-state index contributed by atoms with van der Waals surface area (Å²) in [5.41, 5.74) is 0.701. The van der Waals surface area contributed by atoms with E-state index in [9.17, 15) is 19.5 Å². The lowest BCUT2D eigenvalue weighted by atomic mass is 9.66. The molecule has 3 saturated heterocycles. The average molecular weight is 460 g/mol. The number of carbonyl (C=O) groups is 3. The highest BCUT2D eigenvalue weighted by atomic mass is 32.2. The van der Waals surface area contributed by atoms with E-state index in [-0.39, 0.29) is 35.5 Å². The molecule has 8 heteroatoms. The molecule has 0 saturated carbocycles. The van der Waals surface area contributed by atoms with Crippen molar-refractivity contribution in [3.05, 3.63) is 30.3 Å². The molecule has 3 N–H and O–H groups in total. The molecule has 0 radical (unpaired) electrons. The Balaban J connectivity index is 1.68. The number of amides is 3. The van der Waals surface area contributed by atoms with Gasteiger partial charge in [-0.15, -0.1) is 11.8 Å². The molecule has 3 amide bonds. The molecule has 3 heterocycles. The fourth-order valence-electron chi connectivity index (χ4n) is 5.85. The molecule has 3 aliphatic rings. The van der Waals surface area contributed by atoms with Crippen molar-refractivity contribution in [3.63, 3.8) is 0 Å². The molecule has 2 bridgehead atoms. The second-order valence-electron chi connectivity index (χ2n) is 9.33. The minimum atomic E-state index is -0.682. The molecule has 1 aromatic carbocycles. The maximum absolute atomic E-state index is 13.8. The summed E-state index contributed by atoms with van der Waals surface area (Å²) in [5, 5.41) is 15.9. The molecule has 0 aromatic heterocycles. The Morgan fingerprint density at radius 1 is 1.28 bits per heavy atom. The van der Waals surface area contributed by atoms with Gasteiger partial charge in [0.1, 0.15) is 6.04 Å². The van der Waals surface area contributed by atoms with Crippen LogP contribution in [0.25, 0.3) is 0 Å². The molecule has 3 aliphatic heterocycles. The van der Waals surface area contributed by atoms with E-state index in [2.05, 4.69) is 24.5 Å². The first kappa shape index (κ1) is 23.1. The predicted octanol–water partition coefficient (Wildman–Crippen LogP) is 2.26. The van der Waals surface area contributed by atoms with Crippen LogP contribution in [-0.2, 0) is 14.4 Å². The molecular weight excluding hydrogens is 426 g/mol. The van der Waals surface area contributed by atoms with Gasteiger partial charge in [-0.05, 0) is 37.8 Å². The Morgan fingerprint density at radius 2 is 2.00 bits per heavy atom. The lowest BCUT2D eigenvalue weighted by Crippen LogP contribution is -2.58. The third-order valence-corrected chi connectivity index (χ3v) is 9.42. The molecule has 1 spiro atoms. The minimum Gasteiger partial charge on any atom is -0.394 e. The number of carbonyl (C=O) groups excluding carboxylic acids is 3. The largest absolute Gasteiger partial charge is 0.394 e. The summed E-state index contributed by atoms with van der Waals surface area (Å²) in [5.74, 6) is -1.46. The zero-order valence-corrected chi connectivity index (χ0v) is 19.7. The number of likely N-dealkylation sites (tertiary alicyclic amines) is 1. The van der Waals surface area contributed by atoms with Gasteiger partial charge >= 0.3 is 0 Å². The fourth-order valence-corrected chi connectivity index (χ4v) is 8.26. The van der Waals surface area contributed by atoms with Gasteiger partial charge in [0.05, 0.1) is 29.2 Å². The number of hydrogen-bond acceptors (Lipinski definition) is 5. The van der Waals surface area contributed by atoms with Crippen molar-refractivity contribution < 1.29 is 19.5 Å². The van der Waals surface area contributed by atoms with E-state index in [0.717, 1.165) is 19.3 Å². The number of thioether (sulfide) groups is 1. The van der Waals surface area contributed by atoms with Crippen LogP contribution >= 0.6 is 11.8 Å². The van der Waals surface area contributed by atoms with Gasteiger partial charge in [-0.3, -0.25) is 14.4 Å². The van der Waals surface area contributed by atoms with E-state index in [1.54, 1.807) is 23.6 Å². The van der Waals surface area contributed by atoms with Crippen LogP contribution in [0.4, 0.5) is 5.69 Å². The number of anilines is 1. The number of rotatable bonds is 8. The molecular formula is C24H33N3O4S. The number of nitrogens with one attached hydrogen (secondary N) is 2.